The van der Waals surface area contributed by atoms with Crippen molar-refractivity contribution in [2.45, 2.75) is 32.2 Å². The van der Waals surface area contributed by atoms with Crippen molar-refractivity contribution in [2.24, 2.45) is 7.05 Å². The predicted molar refractivity (Wildman–Crippen MR) is 89.3 cm³/mol. The summed E-state index contributed by atoms with van der Waals surface area (Å²) in [5, 5.41) is 15.7. The molecule has 0 amide bonds. The molecule has 1 unspecified atom stereocenters. The quantitative estimate of drug-likeness (QED) is 0.797. The third-order valence-electron chi connectivity index (χ3n) is 4.92. The molecule has 1 fully saturated rings. The minimum Gasteiger partial charge on any atom is -0.359 e. The van der Waals surface area contributed by atoms with Crippen LogP contribution in [0, 0.1) is 6.92 Å². The van der Waals surface area contributed by atoms with Gasteiger partial charge in [0.25, 0.3) is 0 Å². The fourth-order valence-corrected chi connectivity index (χ4v) is 3.43. The van der Waals surface area contributed by atoms with E-state index in [4.69, 9.17) is 4.52 Å². The van der Waals surface area contributed by atoms with Gasteiger partial charge in [0.05, 0.1) is 12.7 Å². The lowest BCUT2D eigenvalue weighted by Crippen LogP contribution is -2.33. The van der Waals surface area contributed by atoms with Crippen LogP contribution in [0.1, 0.15) is 35.9 Å². The van der Waals surface area contributed by atoms with Gasteiger partial charge in [-0.1, -0.05) is 5.16 Å². The fourth-order valence-electron chi connectivity index (χ4n) is 3.43. The van der Waals surface area contributed by atoms with Crippen molar-refractivity contribution >= 4 is 0 Å². The van der Waals surface area contributed by atoms with E-state index in [0.717, 1.165) is 42.3 Å². The number of aromatic nitrogens is 5. The lowest BCUT2D eigenvalue weighted by atomic mass is 9.95. The molecule has 7 heteroatoms. The summed E-state index contributed by atoms with van der Waals surface area (Å²) >= 11 is 0. The van der Waals surface area contributed by atoms with Crippen LogP contribution in [0.3, 0.4) is 0 Å². The molecule has 24 heavy (non-hydrogen) atoms. The largest absolute Gasteiger partial charge is 0.359 e. The molecule has 4 rings (SSSR count). The summed E-state index contributed by atoms with van der Waals surface area (Å²) in [5.41, 5.74) is 4.20. The second-order valence-electron chi connectivity index (χ2n) is 6.53. The summed E-state index contributed by atoms with van der Waals surface area (Å²) in [4.78, 5) is 2.43. The Morgan fingerprint density at radius 3 is 3.08 bits per heavy atom. The first-order valence-corrected chi connectivity index (χ1v) is 8.37. The molecule has 4 heterocycles. The first kappa shape index (κ1) is 15.1. The number of aryl methyl sites for hydroxylation is 1. The average Bonchev–Trinajstić information content (AvgIpc) is 3.31. The summed E-state index contributed by atoms with van der Waals surface area (Å²) in [7, 11) is 1.93. The molecule has 1 N–H and O–H groups in total. The van der Waals surface area contributed by atoms with E-state index < -0.39 is 0 Å². The van der Waals surface area contributed by atoms with E-state index >= 15 is 0 Å². The van der Waals surface area contributed by atoms with Crippen LogP contribution in [-0.4, -0.2) is 43.1 Å². The number of nitrogens with zero attached hydrogens (tertiary/aromatic N) is 5. The van der Waals surface area contributed by atoms with E-state index in [2.05, 4.69) is 31.4 Å². The summed E-state index contributed by atoms with van der Waals surface area (Å²) in [5.74, 6) is 1.42. The van der Waals surface area contributed by atoms with Gasteiger partial charge in [-0.3, -0.25) is 14.7 Å². The average molecular weight is 326 g/mol. The first-order valence-electron chi connectivity index (χ1n) is 8.37. The van der Waals surface area contributed by atoms with Gasteiger partial charge in [-0.05, 0) is 32.4 Å². The van der Waals surface area contributed by atoms with Crippen LogP contribution in [0.5, 0.6) is 0 Å². The van der Waals surface area contributed by atoms with Gasteiger partial charge in [0.2, 0.25) is 0 Å². The highest BCUT2D eigenvalue weighted by atomic mass is 16.5. The zero-order valence-corrected chi connectivity index (χ0v) is 14.1. The van der Waals surface area contributed by atoms with Gasteiger partial charge < -0.3 is 4.52 Å². The van der Waals surface area contributed by atoms with Gasteiger partial charge in [0.15, 0.2) is 5.76 Å². The molecule has 1 aliphatic heterocycles. The summed E-state index contributed by atoms with van der Waals surface area (Å²) in [6.07, 6.45) is 6.06. The molecule has 3 aromatic heterocycles. The van der Waals surface area contributed by atoms with E-state index in [1.165, 1.54) is 18.5 Å². The number of likely N-dealkylation sites (tertiary alicyclic amines) is 1. The van der Waals surface area contributed by atoms with E-state index in [9.17, 15) is 0 Å². The molecule has 0 aromatic carbocycles. The molecule has 0 spiro atoms. The number of H-pyrrole nitrogens is 1. The predicted octanol–water partition coefficient (Wildman–Crippen LogP) is 2.49. The molecule has 1 aliphatic rings. The van der Waals surface area contributed by atoms with Gasteiger partial charge in [-0.2, -0.15) is 10.2 Å². The molecule has 7 nitrogen and oxygen atoms in total. The minimum absolute atomic E-state index is 0.518. The summed E-state index contributed by atoms with van der Waals surface area (Å²) in [6.45, 7) is 4.93. The lowest BCUT2D eigenvalue weighted by Gasteiger charge is -2.31. The number of aromatic amines is 1. The first-order chi connectivity index (χ1) is 11.7. The monoisotopic (exact) mass is 326 g/mol. The highest BCUT2D eigenvalue weighted by molar-refractivity contribution is 5.60. The Labute approximate surface area is 140 Å². The number of piperidine rings is 1. The van der Waals surface area contributed by atoms with Crippen LogP contribution in [-0.2, 0) is 13.6 Å². The topological polar surface area (TPSA) is 75.8 Å². The Hall–Kier alpha value is -2.41. The van der Waals surface area contributed by atoms with Crippen LogP contribution in [0.4, 0.5) is 0 Å². The van der Waals surface area contributed by atoms with E-state index in [0.29, 0.717) is 5.92 Å². The number of rotatable bonds is 4. The van der Waals surface area contributed by atoms with Gasteiger partial charge >= 0.3 is 0 Å². The number of nitrogens with one attached hydrogen (secondary N) is 1. The maximum Gasteiger partial charge on any atom is 0.151 e. The van der Waals surface area contributed by atoms with Gasteiger partial charge in [0, 0.05) is 48.7 Å². The highest BCUT2D eigenvalue weighted by Crippen LogP contribution is 2.27. The Bertz CT molecular complexity index is 803. The van der Waals surface area contributed by atoms with Crippen molar-refractivity contribution in [3.05, 3.63) is 41.7 Å². The van der Waals surface area contributed by atoms with Crippen LogP contribution in [0.25, 0.3) is 11.3 Å². The Morgan fingerprint density at radius 1 is 1.42 bits per heavy atom. The van der Waals surface area contributed by atoms with Crippen molar-refractivity contribution in [3.8, 4) is 11.3 Å². The van der Waals surface area contributed by atoms with Crippen molar-refractivity contribution in [3.63, 3.8) is 0 Å². The van der Waals surface area contributed by atoms with Crippen molar-refractivity contribution in [2.75, 3.05) is 13.1 Å². The Balaban J connectivity index is 1.45. The minimum atomic E-state index is 0.518. The smallest absolute Gasteiger partial charge is 0.151 e. The Morgan fingerprint density at radius 2 is 2.33 bits per heavy atom. The van der Waals surface area contributed by atoms with Crippen LogP contribution >= 0.6 is 0 Å². The summed E-state index contributed by atoms with van der Waals surface area (Å²) in [6, 6.07) is 4.11. The Kier molecular flexibility index (Phi) is 3.93. The maximum atomic E-state index is 5.56. The molecule has 0 radical (unpaired) electrons. The zero-order valence-electron chi connectivity index (χ0n) is 14.1. The van der Waals surface area contributed by atoms with Crippen molar-refractivity contribution in [1.82, 2.24) is 30.0 Å². The summed E-state index contributed by atoms with van der Waals surface area (Å²) < 4.78 is 7.41. The molecule has 3 aromatic rings. The van der Waals surface area contributed by atoms with Gasteiger partial charge in [-0.25, -0.2) is 0 Å². The molecular weight excluding hydrogens is 304 g/mol. The standard InChI is InChI=1S/C17H22N6O/c1-12-15(9-19-22(12)2)17-8-14(24-21-17)11-23-7-3-4-13(10-23)16-5-6-18-20-16/h5-6,8-9,13H,3-4,7,10-11H2,1-2H3,(H,18,20). The lowest BCUT2D eigenvalue weighted by molar-refractivity contribution is 0.179. The van der Waals surface area contributed by atoms with Crippen LogP contribution in [0.15, 0.2) is 29.0 Å². The molecule has 1 atom stereocenters. The van der Waals surface area contributed by atoms with Crippen LogP contribution < -0.4 is 0 Å². The molecule has 0 bridgehead atoms. The fraction of sp³-hybridized carbons (Fsp3) is 0.471. The zero-order chi connectivity index (χ0) is 16.5. The van der Waals surface area contributed by atoms with Crippen molar-refractivity contribution in [1.29, 1.82) is 0 Å². The second-order valence-corrected chi connectivity index (χ2v) is 6.53. The molecule has 0 saturated carbocycles. The van der Waals surface area contributed by atoms with Gasteiger partial charge in [-0.15, -0.1) is 0 Å². The third kappa shape index (κ3) is 2.87. The molecule has 126 valence electrons. The molecule has 1 saturated heterocycles. The van der Waals surface area contributed by atoms with E-state index in [1.807, 2.05) is 37.1 Å². The van der Waals surface area contributed by atoms with Gasteiger partial charge in [0.1, 0.15) is 5.69 Å². The second kappa shape index (κ2) is 6.24. The molecule has 0 aliphatic carbocycles. The van der Waals surface area contributed by atoms with Crippen LogP contribution in [0.2, 0.25) is 0 Å². The SMILES string of the molecule is Cc1c(-c2cc(CN3CCCC(c4ccn[nH]4)C3)on2)cnn1C. The highest BCUT2D eigenvalue weighted by Gasteiger charge is 2.23. The van der Waals surface area contributed by atoms with Crippen molar-refractivity contribution < 1.29 is 4.52 Å². The normalized spacial score (nSPS) is 19.0. The van der Waals surface area contributed by atoms with E-state index in [1.54, 1.807) is 0 Å². The van der Waals surface area contributed by atoms with E-state index in [-0.39, 0.29) is 0 Å². The number of hydrogen-bond donors (Lipinski definition) is 1. The maximum absolute atomic E-state index is 5.56. The third-order valence-corrected chi connectivity index (χ3v) is 4.92. The molecular formula is C17H22N6O. The number of hydrogen-bond acceptors (Lipinski definition) is 5.